The first-order valence-corrected chi connectivity index (χ1v) is 5.74. The lowest BCUT2D eigenvalue weighted by molar-refractivity contribution is 0.271. The summed E-state index contributed by atoms with van der Waals surface area (Å²) in [5.41, 5.74) is 7.01. The molecule has 1 heterocycles. The lowest BCUT2D eigenvalue weighted by Crippen LogP contribution is -2.18. The number of para-hydroxylation sites is 1. The van der Waals surface area contributed by atoms with Gasteiger partial charge in [0.25, 0.3) is 0 Å². The standard InChI is InChI=1S/C13H14ClNO2/c1-9-4-2-3-5-11(9)16-8-10(15)12-6-7-13(14)17-12/h2-7,10H,8,15H2,1H3. The second-order valence-electron chi connectivity index (χ2n) is 3.82. The van der Waals surface area contributed by atoms with Gasteiger partial charge in [0.05, 0.1) is 6.04 Å². The molecule has 0 fully saturated rings. The molecule has 1 atom stereocenters. The molecule has 2 rings (SSSR count). The van der Waals surface area contributed by atoms with Crippen molar-refractivity contribution >= 4 is 11.6 Å². The Hall–Kier alpha value is -1.45. The normalized spacial score (nSPS) is 12.4. The van der Waals surface area contributed by atoms with Crippen LogP contribution in [-0.2, 0) is 0 Å². The van der Waals surface area contributed by atoms with Crippen LogP contribution in [0.25, 0.3) is 0 Å². The van der Waals surface area contributed by atoms with Gasteiger partial charge in [-0.3, -0.25) is 0 Å². The Morgan fingerprint density at radius 1 is 1.29 bits per heavy atom. The monoisotopic (exact) mass is 251 g/mol. The summed E-state index contributed by atoms with van der Waals surface area (Å²) in [6, 6.07) is 10.9. The van der Waals surface area contributed by atoms with E-state index >= 15 is 0 Å². The summed E-state index contributed by atoms with van der Waals surface area (Å²) in [5.74, 6) is 1.46. The van der Waals surface area contributed by atoms with E-state index in [0.29, 0.717) is 17.6 Å². The molecule has 0 amide bonds. The minimum absolute atomic E-state index is 0.317. The van der Waals surface area contributed by atoms with Crippen molar-refractivity contribution < 1.29 is 9.15 Å². The molecule has 1 unspecified atom stereocenters. The van der Waals surface area contributed by atoms with Gasteiger partial charge in [-0.25, -0.2) is 0 Å². The topological polar surface area (TPSA) is 48.4 Å². The first-order chi connectivity index (χ1) is 8.16. The molecule has 0 spiro atoms. The Balaban J connectivity index is 1.97. The lowest BCUT2D eigenvalue weighted by atomic mass is 10.2. The van der Waals surface area contributed by atoms with Crippen LogP contribution in [0.1, 0.15) is 17.4 Å². The third-order valence-corrected chi connectivity index (χ3v) is 2.67. The van der Waals surface area contributed by atoms with Gasteiger partial charge in [-0.1, -0.05) is 18.2 Å². The SMILES string of the molecule is Cc1ccccc1OCC(N)c1ccc(Cl)o1. The number of hydrogen-bond acceptors (Lipinski definition) is 3. The zero-order chi connectivity index (χ0) is 12.3. The van der Waals surface area contributed by atoms with Crippen molar-refractivity contribution in [3.05, 3.63) is 52.9 Å². The summed E-state index contributed by atoms with van der Waals surface area (Å²) in [5, 5.41) is 0.339. The molecule has 17 heavy (non-hydrogen) atoms. The highest BCUT2D eigenvalue weighted by Crippen LogP contribution is 2.21. The van der Waals surface area contributed by atoms with Gasteiger partial charge in [-0.15, -0.1) is 0 Å². The van der Waals surface area contributed by atoms with Crippen LogP contribution in [0.15, 0.2) is 40.8 Å². The highest BCUT2D eigenvalue weighted by Gasteiger charge is 2.11. The van der Waals surface area contributed by atoms with Crippen LogP contribution in [0.5, 0.6) is 5.75 Å². The van der Waals surface area contributed by atoms with Gasteiger partial charge in [0, 0.05) is 0 Å². The third kappa shape index (κ3) is 3.02. The molecule has 0 saturated carbocycles. The highest BCUT2D eigenvalue weighted by atomic mass is 35.5. The smallest absolute Gasteiger partial charge is 0.193 e. The molecular weight excluding hydrogens is 238 g/mol. The van der Waals surface area contributed by atoms with E-state index in [4.69, 9.17) is 26.5 Å². The molecule has 4 heteroatoms. The Labute approximate surface area is 105 Å². The van der Waals surface area contributed by atoms with E-state index < -0.39 is 0 Å². The van der Waals surface area contributed by atoms with E-state index in [2.05, 4.69) is 0 Å². The number of hydrogen-bond donors (Lipinski definition) is 1. The van der Waals surface area contributed by atoms with E-state index in [1.54, 1.807) is 12.1 Å². The number of furan rings is 1. The van der Waals surface area contributed by atoms with E-state index in [1.807, 2.05) is 31.2 Å². The van der Waals surface area contributed by atoms with Crippen LogP contribution in [0.3, 0.4) is 0 Å². The average molecular weight is 252 g/mol. The fourth-order valence-corrected chi connectivity index (χ4v) is 1.66. The van der Waals surface area contributed by atoms with Gasteiger partial charge >= 0.3 is 0 Å². The van der Waals surface area contributed by atoms with E-state index in [-0.39, 0.29) is 6.04 Å². The quantitative estimate of drug-likeness (QED) is 0.907. The van der Waals surface area contributed by atoms with Gasteiger partial charge in [0.1, 0.15) is 18.1 Å². The zero-order valence-electron chi connectivity index (χ0n) is 9.52. The fourth-order valence-electron chi connectivity index (χ4n) is 1.51. The molecule has 0 aliphatic heterocycles. The highest BCUT2D eigenvalue weighted by molar-refractivity contribution is 6.28. The molecule has 90 valence electrons. The molecule has 0 bridgehead atoms. The van der Waals surface area contributed by atoms with Crippen LogP contribution in [-0.4, -0.2) is 6.61 Å². The molecule has 0 aliphatic rings. The predicted molar refractivity (Wildman–Crippen MR) is 67.3 cm³/mol. The van der Waals surface area contributed by atoms with Crippen molar-refractivity contribution in [2.75, 3.05) is 6.61 Å². The molecule has 0 radical (unpaired) electrons. The van der Waals surface area contributed by atoms with Crippen molar-refractivity contribution in [2.24, 2.45) is 5.73 Å². The number of aryl methyl sites for hydroxylation is 1. The summed E-state index contributed by atoms with van der Waals surface area (Å²) in [6.45, 7) is 2.35. The van der Waals surface area contributed by atoms with Crippen LogP contribution in [0, 0.1) is 6.92 Å². The average Bonchev–Trinajstić information content (AvgIpc) is 2.74. The van der Waals surface area contributed by atoms with Crippen molar-refractivity contribution in [3.63, 3.8) is 0 Å². The van der Waals surface area contributed by atoms with Crippen molar-refractivity contribution in [1.29, 1.82) is 0 Å². The Morgan fingerprint density at radius 2 is 2.06 bits per heavy atom. The van der Waals surface area contributed by atoms with E-state index in [1.165, 1.54) is 0 Å². The van der Waals surface area contributed by atoms with Gasteiger partial charge in [0.2, 0.25) is 0 Å². The lowest BCUT2D eigenvalue weighted by Gasteiger charge is -2.12. The summed E-state index contributed by atoms with van der Waals surface area (Å²) in [6.07, 6.45) is 0. The maximum atomic E-state index is 5.93. The second-order valence-corrected chi connectivity index (χ2v) is 4.20. The number of ether oxygens (including phenoxy) is 1. The van der Waals surface area contributed by atoms with Crippen LogP contribution < -0.4 is 10.5 Å². The predicted octanol–water partition coefficient (Wildman–Crippen LogP) is 3.32. The number of halogens is 1. The number of rotatable bonds is 4. The third-order valence-electron chi connectivity index (χ3n) is 2.47. The molecule has 0 saturated heterocycles. The summed E-state index contributed by atoms with van der Waals surface area (Å²) < 4.78 is 10.9. The van der Waals surface area contributed by atoms with Crippen molar-refractivity contribution in [3.8, 4) is 5.75 Å². The van der Waals surface area contributed by atoms with Crippen LogP contribution in [0.4, 0.5) is 0 Å². The summed E-state index contributed by atoms with van der Waals surface area (Å²) >= 11 is 5.68. The summed E-state index contributed by atoms with van der Waals surface area (Å²) in [7, 11) is 0. The first-order valence-electron chi connectivity index (χ1n) is 5.36. The van der Waals surface area contributed by atoms with Crippen LogP contribution in [0.2, 0.25) is 5.22 Å². The second kappa shape index (κ2) is 5.25. The van der Waals surface area contributed by atoms with Gasteiger partial charge in [-0.2, -0.15) is 0 Å². The van der Waals surface area contributed by atoms with Gasteiger partial charge < -0.3 is 14.9 Å². The molecule has 2 N–H and O–H groups in total. The van der Waals surface area contributed by atoms with E-state index in [9.17, 15) is 0 Å². The zero-order valence-corrected chi connectivity index (χ0v) is 10.3. The molecule has 2 aromatic rings. The first kappa shape index (κ1) is 12.0. The molecule has 0 aliphatic carbocycles. The maximum Gasteiger partial charge on any atom is 0.193 e. The number of benzene rings is 1. The number of nitrogens with two attached hydrogens (primary N) is 1. The fraction of sp³-hybridized carbons (Fsp3) is 0.231. The van der Waals surface area contributed by atoms with Gasteiger partial charge in [-0.05, 0) is 42.3 Å². The minimum atomic E-state index is -0.317. The largest absolute Gasteiger partial charge is 0.491 e. The Kier molecular flexibility index (Phi) is 3.71. The van der Waals surface area contributed by atoms with E-state index in [0.717, 1.165) is 11.3 Å². The van der Waals surface area contributed by atoms with Gasteiger partial charge in [0.15, 0.2) is 5.22 Å². The minimum Gasteiger partial charge on any atom is -0.491 e. The Morgan fingerprint density at radius 3 is 2.71 bits per heavy atom. The molecular formula is C13H14ClNO2. The summed E-state index contributed by atoms with van der Waals surface area (Å²) in [4.78, 5) is 0. The van der Waals surface area contributed by atoms with Crippen molar-refractivity contribution in [2.45, 2.75) is 13.0 Å². The van der Waals surface area contributed by atoms with Crippen molar-refractivity contribution in [1.82, 2.24) is 0 Å². The maximum absolute atomic E-state index is 5.93. The molecule has 1 aromatic carbocycles. The molecule has 1 aromatic heterocycles. The van der Waals surface area contributed by atoms with Crippen LogP contribution >= 0.6 is 11.6 Å². The molecule has 3 nitrogen and oxygen atoms in total. The Bertz CT molecular complexity index is 496.